The predicted molar refractivity (Wildman–Crippen MR) is 79.6 cm³/mol. The van der Waals surface area contributed by atoms with Crippen LogP contribution in [-0.2, 0) is 4.84 Å². The lowest BCUT2D eigenvalue weighted by atomic mass is 10.0. The molecule has 0 aliphatic rings. The third-order valence-electron chi connectivity index (χ3n) is 3.54. The zero-order valence-corrected chi connectivity index (χ0v) is 12.5. The Balaban J connectivity index is 2.34. The van der Waals surface area contributed by atoms with Gasteiger partial charge in [0.25, 0.3) is 5.91 Å². The highest BCUT2D eigenvalue weighted by Gasteiger charge is 2.22. The van der Waals surface area contributed by atoms with Crippen molar-refractivity contribution in [1.82, 2.24) is 14.4 Å². The third-order valence-corrected chi connectivity index (χ3v) is 3.54. The van der Waals surface area contributed by atoms with E-state index in [0.717, 1.165) is 11.1 Å². The lowest BCUT2D eigenvalue weighted by Gasteiger charge is -2.18. The molecule has 3 aromatic rings. The summed E-state index contributed by atoms with van der Waals surface area (Å²) in [6.07, 6.45) is 2.72. The van der Waals surface area contributed by atoms with Crippen LogP contribution in [0, 0.1) is 11.6 Å². The minimum absolute atomic E-state index is 0.0444. The van der Waals surface area contributed by atoms with Crippen molar-refractivity contribution in [3.63, 3.8) is 0 Å². The standard InChI is InChI=1S/C16H13F2N3O2/c1-20(23-2)16(22)12-7-13(18)14-8-19-9-21(14)15(12)10-4-3-5-11(17)6-10/h3-9H,1-2H3. The van der Waals surface area contributed by atoms with Crippen LogP contribution in [0.2, 0.25) is 0 Å². The van der Waals surface area contributed by atoms with Crippen molar-refractivity contribution in [2.75, 3.05) is 14.2 Å². The lowest BCUT2D eigenvalue weighted by Crippen LogP contribution is -2.26. The van der Waals surface area contributed by atoms with Crippen molar-refractivity contribution in [1.29, 1.82) is 0 Å². The van der Waals surface area contributed by atoms with Gasteiger partial charge >= 0.3 is 0 Å². The average molecular weight is 317 g/mol. The van der Waals surface area contributed by atoms with Crippen LogP contribution in [0.5, 0.6) is 0 Å². The first-order valence-electron chi connectivity index (χ1n) is 6.75. The van der Waals surface area contributed by atoms with Crippen molar-refractivity contribution < 1.29 is 18.4 Å². The highest BCUT2D eigenvalue weighted by atomic mass is 19.1. The van der Waals surface area contributed by atoms with E-state index in [0.29, 0.717) is 11.3 Å². The number of hydrogen-bond acceptors (Lipinski definition) is 3. The van der Waals surface area contributed by atoms with Gasteiger partial charge in [0.05, 0.1) is 30.9 Å². The monoisotopic (exact) mass is 317 g/mol. The number of aromatic nitrogens is 2. The van der Waals surface area contributed by atoms with E-state index >= 15 is 0 Å². The van der Waals surface area contributed by atoms with Gasteiger partial charge in [0.1, 0.15) is 17.2 Å². The second-order valence-electron chi connectivity index (χ2n) is 4.90. The van der Waals surface area contributed by atoms with E-state index in [4.69, 9.17) is 4.84 Å². The highest BCUT2D eigenvalue weighted by molar-refractivity contribution is 6.00. The highest BCUT2D eigenvalue weighted by Crippen LogP contribution is 2.28. The third kappa shape index (κ3) is 2.55. The first-order valence-corrected chi connectivity index (χ1v) is 6.75. The Morgan fingerprint density at radius 2 is 2.09 bits per heavy atom. The number of halogens is 2. The van der Waals surface area contributed by atoms with E-state index in [1.54, 1.807) is 6.07 Å². The van der Waals surface area contributed by atoms with Gasteiger partial charge in [0.2, 0.25) is 0 Å². The summed E-state index contributed by atoms with van der Waals surface area (Å²) in [7, 11) is 2.74. The maximum absolute atomic E-state index is 14.2. The van der Waals surface area contributed by atoms with Crippen LogP contribution in [0.3, 0.4) is 0 Å². The number of amides is 1. The zero-order chi connectivity index (χ0) is 16.6. The van der Waals surface area contributed by atoms with E-state index in [9.17, 15) is 13.6 Å². The number of pyridine rings is 1. The molecular formula is C16H13F2N3O2. The van der Waals surface area contributed by atoms with Gasteiger partial charge in [-0.05, 0) is 18.2 Å². The number of nitrogens with zero attached hydrogens (tertiary/aromatic N) is 3. The molecule has 0 atom stereocenters. The van der Waals surface area contributed by atoms with Gasteiger partial charge in [-0.15, -0.1) is 0 Å². The summed E-state index contributed by atoms with van der Waals surface area (Å²) >= 11 is 0. The summed E-state index contributed by atoms with van der Waals surface area (Å²) in [6.45, 7) is 0. The van der Waals surface area contributed by atoms with E-state index in [1.807, 2.05) is 0 Å². The Morgan fingerprint density at radius 1 is 1.30 bits per heavy atom. The second kappa shape index (κ2) is 5.77. The largest absolute Gasteiger partial charge is 0.295 e. The molecule has 0 N–H and O–H groups in total. The smallest absolute Gasteiger partial charge is 0.279 e. The molecule has 0 fully saturated rings. The SMILES string of the molecule is CON(C)C(=O)c1cc(F)c2cncn2c1-c1cccc(F)c1. The van der Waals surface area contributed by atoms with Gasteiger partial charge in [0, 0.05) is 12.6 Å². The number of fused-ring (bicyclic) bond motifs is 1. The molecule has 0 radical (unpaired) electrons. The van der Waals surface area contributed by atoms with E-state index < -0.39 is 17.5 Å². The van der Waals surface area contributed by atoms with Crippen molar-refractivity contribution in [2.24, 2.45) is 0 Å². The number of imidazole rings is 1. The average Bonchev–Trinajstić information content (AvgIpc) is 3.03. The van der Waals surface area contributed by atoms with E-state index in [2.05, 4.69) is 4.98 Å². The first kappa shape index (κ1) is 15.1. The Bertz CT molecular complexity index is 892. The predicted octanol–water partition coefficient (Wildman–Crippen LogP) is 2.91. The van der Waals surface area contributed by atoms with Gasteiger partial charge < -0.3 is 0 Å². The second-order valence-corrected chi connectivity index (χ2v) is 4.90. The number of hydrogen-bond donors (Lipinski definition) is 0. The van der Waals surface area contributed by atoms with Crippen molar-refractivity contribution in [3.8, 4) is 11.3 Å². The Hall–Kier alpha value is -2.80. The van der Waals surface area contributed by atoms with Gasteiger partial charge in [0.15, 0.2) is 0 Å². The Morgan fingerprint density at radius 3 is 2.78 bits per heavy atom. The molecule has 0 saturated carbocycles. The molecule has 1 amide bonds. The Kier molecular flexibility index (Phi) is 3.79. The number of hydroxylamine groups is 2. The number of carbonyl (C=O) groups excluding carboxylic acids is 1. The van der Waals surface area contributed by atoms with Gasteiger partial charge in [-0.25, -0.2) is 18.8 Å². The van der Waals surface area contributed by atoms with Gasteiger partial charge in [-0.1, -0.05) is 12.1 Å². The maximum Gasteiger partial charge on any atom is 0.279 e. The van der Waals surface area contributed by atoms with Crippen LogP contribution in [0.25, 0.3) is 16.8 Å². The molecule has 0 aliphatic heterocycles. The number of rotatable bonds is 3. The maximum atomic E-state index is 14.2. The molecule has 0 bridgehead atoms. The molecule has 0 aliphatic carbocycles. The summed E-state index contributed by atoms with van der Waals surface area (Å²) in [5.74, 6) is -1.62. The van der Waals surface area contributed by atoms with Crippen LogP contribution in [0.1, 0.15) is 10.4 Å². The molecule has 2 heterocycles. The van der Waals surface area contributed by atoms with Crippen LogP contribution in [0.15, 0.2) is 42.9 Å². The first-order chi connectivity index (χ1) is 11.0. The van der Waals surface area contributed by atoms with Gasteiger partial charge in [-0.2, -0.15) is 0 Å². The van der Waals surface area contributed by atoms with Gasteiger partial charge in [-0.3, -0.25) is 14.0 Å². The molecule has 1 aromatic carbocycles. The van der Waals surface area contributed by atoms with Crippen molar-refractivity contribution >= 4 is 11.4 Å². The number of benzene rings is 1. The summed E-state index contributed by atoms with van der Waals surface area (Å²) in [6, 6.07) is 6.83. The van der Waals surface area contributed by atoms with E-state index in [1.165, 1.54) is 49.3 Å². The van der Waals surface area contributed by atoms with Crippen LogP contribution in [0.4, 0.5) is 8.78 Å². The number of carbonyl (C=O) groups is 1. The fourth-order valence-electron chi connectivity index (χ4n) is 2.39. The fourth-order valence-corrected chi connectivity index (χ4v) is 2.39. The molecular weight excluding hydrogens is 304 g/mol. The van der Waals surface area contributed by atoms with E-state index in [-0.39, 0.29) is 11.1 Å². The minimum Gasteiger partial charge on any atom is -0.295 e. The van der Waals surface area contributed by atoms with Crippen LogP contribution in [-0.4, -0.2) is 34.5 Å². The summed E-state index contributed by atoms with van der Waals surface area (Å²) in [5.41, 5.74) is 1.01. The summed E-state index contributed by atoms with van der Waals surface area (Å²) in [5, 5.41) is 0.973. The minimum atomic E-state index is -0.601. The quantitative estimate of drug-likeness (QED) is 0.698. The molecule has 5 nitrogen and oxygen atoms in total. The molecule has 0 saturated heterocycles. The molecule has 3 rings (SSSR count). The Labute approximate surface area is 130 Å². The van der Waals surface area contributed by atoms with Crippen LogP contribution >= 0.6 is 0 Å². The molecule has 0 unspecified atom stereocenters. The summed E-state index contributed by atoms with van der Waals surface area (Å²) in [4.78, 5) is 21.3. The summed E-state index contributed by atoms with van der Waals surface area (Å²) < 4.78 is 29.3. The lowest BCUT2D eigenvalue weighted by molar-refractivity contribution is -0.0756. The molecule has 7 heteroatoms. The molecule has 0 spiro atoms. The fraction of sp³-hybridized carbons (Fsp3) is 0.125. The normalized spacial score (nSPS) is 11.0. The molecule has 118 valence electrons. The van der Waals surface area contributed by atoms with Crippen LogP contribution < -0.4 is 0 Å². The van der Waals surface area contributed by atoms with Crippen molar-refractivity contribution in [2.45, 2.75) is 0 Å². The molecule has 23 heavy (non-hydrogen) atoms. The zero-order valence-electron chi connectivity index (χ0n) is 12.5. The molecule has 2 aromatic heterocycles. The van der Waals surface area contributed by atoms with Crippen molar-refractivity contribution in [3.05, 3.63) is 60.1 Å². The topological polar surface area (TPSA) is 46.8 Å².